The molecule has 1 saturated heterocycles. The van der Waals surface area contributed by atoms with Gasteiger partial charge in [-0.1, -0.05) is 13.8 Å². The normalized spacial score (nSPS) is 23.3. The van der Waals surface area contributed by atoms with Crippen molar-refractivity contribution in [3.63, 3.8) is 0 Å². The quantitative estimate of drug-likeness (QED) is 0.816. The van der Waals surface area contributed by atoms with Crippen LogP contribution < -0.4 is 10.5 Å². The summed E-state index contributed by atoms with van der Waals surface area (Å²) in [6.45, 7) is 4.86. The molecule has 1 aliphatic rings. The van der Waals surface area contributed by atoms with Crippen LogP contribution in [-0.2, 0) is 11.2 Å². The number of carboxylic acids is 1. The van der Waals surface area contributed by atoms with Crippen molar-refractivity contribution in [2.45, 2.75) is 20.3 Å². The first-order valence-electron chi connectivity index (χ1n) is 6.09. The van der Waals surface area contributed by atoms with Gasteiger partial charge in [-0.25, -0.2) is 4.98 Å². The van der Waals surface area contributed by atoms with Crippen molar-refractivity contribution in [3.8, 4) is 0 Å². The predicted molar refractivity (Wildman–Crippen MR) is 66.7 cm³/mol. The van der Waals surface area contributed by atoms with Crippen molar-refractivity contribution in [2.24, 2.45) is 11.8 Å². The number of nitrogens with zero attached hydrogens (tertiary/aromatic N) is 2. The Morgan fingerprint density at radius 3 is 2.89 bits per heavy atom. The molecule has 2 rings (SSSR count). The molecular weight excluding hydrogens is 234 g/mol. The number of carbonyl (C=O) groups is 1. The van der Waals surface area contributed by atoms with Crippen LogP contribution in [0.3, 0.4) is 0 Å². The maximum atomic E-state index is 11.5. The van der Waals surface area contributed by atoms with Gasteiger partial charge in [0.05, 0.1) is 5.92 Å². The van der Waals surface area contributed by atoms with Gasteiger partial charge in [-0.15, -0.1) is 0 Å². The molecule has 2 atom stereocenters. The van der Waals surface area contributed by atoms with Crippen molar-refractivity contribution >= 4 is 11.8 Å². The van der Waals surface area contributed by atoms with Crippen molar-refractivity contribution < 1.29 is 9.90 Å². The number of aromatic nitrogens is 2. The molecule has 6 heteroatoms. The molecule has 0 aliphatic carbocycles. The molecule has 1 aliphatic heterocycles. The molecule has 0 aromatic carbocycles. The minimum Gasteiger partial charge on any atom is -0.481 e. The fourth-order valence-electron chi connectivity index (χ4n) is 2.30. The number of rotatable bonds is 3. The predicted octanol–water partition coefficient (Wildman–Crippen LogP) is 0.489. The Kier molecular flexibility index (Phi) is 3.36. The number of hydrogen-bond acceptors (Lipinski definition) is 4. The molecule has 0 radical (unpaired) electrons. The number of anilines is 1. The number of aryl methyl sites for hydroxylation is 1. The average Bonchev–Trinajstić information content (AvgIpc) is 2.70. The summed E-state index contributed by atoms with van der Waals surface area (Å²) in [4.78, 5) is 31.4. The second-order valence-electron chi connectivity index (χ2n) is 4.73. The number of aromatic amines is 1. The summed E-state index contributed by atoms with van der Waals surface area (Å²) in [6.07, 6.45) is 0.648. The van der Waals surface area contributed by atoms with Gasteiger partial charge < -0.3 is 15.0 Å². The van der Waals surface area contributed by atoms with E-state index in [4.69, 9.17) is 5.11 Å². The zero-order valence-corrected chi connectivity index (χ0v) is 10.5. The Hall–Kier alpha value is -1.85. The lowest BCUT2D eigenvalue weighted by Gasteiger charge is -2.17. The monoisotopic (exact) mass is 251 g/mol. The number of aliphatic carboxylic acids is 1. The van der Waals surface area contributed by atoms with E-state index in [1.807, 2.05) is 18.7 Å². The Labute approximate surface area is 105 Å². The van der Waals surface area contributed by atoms with E-state index in [2.05, 4.69) is 9.97 Å². The summed E-state index contributed by atoms with van der Waals surface area (Å²) in [7, 11) is 0. The molecule has 1 aromatic rings. The molecule has 18 heavy (non-hydrogen) atoms. The number of hydrogen-bond donors (Lipinski definition) is 2. The third-order valence-corrected chi connectivity index (χ3v) is 3.37. The van der Waals surface area contributed by atoms with E-state index in [0.29, 0.717) is 31.2 Å². The van der Waals surface area contributed by atoms with E-state index in [1.54, 1.807) is 0 Å². The first-order valence-corrected chi connectivity index (χ1v) is 6.09. The molecule has 2 N–H and O–H groups in total. The van der Waals surface area contributed by atoms with Crippen molar-refractivity contribution in [2.75, 3.05) is 18.0 Å². The van der Waals surface area contributed by atoms with Crippen molar-refractivity contribution in [1.82, 2.24) is 9.97 Å². The molecule has 98 valence electrons. The van der Waals surface area contributed by atoms with Crippen LogP contribution in [0.15, 0.2) is 10.9 Å². The molecule has 1 aromatic heterocycles. The summed E-state index contributed by atoms with van der Waals surface area (Å²) < 4.78 is 0. The summed E-state index contributed by atoms with van der Waals surface area (Å²) in [5.74, 6) is 0.0884. The molecule has 2 heterocycles. The zero-order valence-electron chi connectivity index (χ0n) is 10.5. The highest BCUT2D eigenvalue weighted by Gasteiger charge is 2.35. The lowest BCUT2D eigenvalue weighted by molar-refractivity contribution is -0.142. The summed E-state index contributed by atoms with van der Waals surface area (Å²) in [6, 6.07) is 1.43. The van der Waals surface area contributed by atoms with Crippen molar-refractivity contribution in [3.05, 3.63) is 22.2 Å². The van der Waals surface area contributed by atoms with E-state index in [0.717, 1.165) is 0 Å². The Balaban J connectivity index is 2.26. The van der Waals surface area contributed by atoms with Gasteiger partial charge in [0.15, 0.2) is 0 Å². The van der Waals surface area contributed by atoms with E-state index in [1.165, 1.54) is 6.07 Å². The smallest absolute Gasteiger partial charge is 0.308 e. The maximum absolute atomic E-state index is 11.5. The second kappa shape index (κ2) is 4.80. The van der Waals surface area contributed by atoms with E-state index >= 15 is 0 Å². The fraction of sp³-hybridized carbons (Fsp3) is 0.583. The standard InChI is InChI=1S/C12H17N3O3/c1-3-9-13-10(4-11(16)14-9)15-5-7(2)8(6-15)12(17)18/h4,7-8H,3,5-6H2,1-2H3,(H,17,18)(H,13,14,16)/t7-,8-/m1/s1. The molecule has 0 saturated carbocycles. The van der Waals surface area contributed by atoms with Gasteiger partial charge in [-0.3, -0.25) is 9.59 Å². The molecule has 0 bridgehead atoms. The minimum absolute atomic E-state index is 0.0636. The maximum Gasteiger partial charge on any atom is 0.308 e. The van der Waals surface area contributed by atoms with Crippen LogP contribution in [0.4, 0.5) is 5.82 Å². The number of H-pyrrole nitrogens is 1. The lowest BCUT2D eigenvalue weighted by Crippen LogP contribution is -2.25. The Bertz CT molecular complexity index is 512. The molecule has 6 nitrogen and oxygen atoms in total. The highest BCUT2D eigenvalue weighted by molar-refractivity contribution is 5.72. The van der Waals surface area contributed by atoms with Crippen LogP contribution in [0.1, 0.15) is 19.7 Å². The summed E-state index contributed by atoms with van der Waals surface area (Å²) in [5.41, 5.74) is -0.191. The van der Waals surface area contributed by atoms with E-state index < -0.39 is 11.9 Å². The second-order valence-corrected chi connectivity index (χ2v) is 4.73. The highest BCUT2D eigenvalue weighted by Crippen LogP contribution is 2.26. The van der Waals surface area contributed by atoms with Gasteiger partial charge in [-0.2, -0.15) is 0 Å². The highest BCUT2D eigenvalue weighted by atomic mass is 16.4. The van der Waals surface area contributed by atoms with E-state index in [-0.39, 0.29) is 11.5 Å². The van der Waals surface area contributed by atoms with Crippen LogP contribution in [-0.4, -0.2) is 34.1 Å². The number of carboxylic acid groups (broad SMARTS) is 1. The van der Waals surface area contributed by atoms with Crippen LogP contribution in [0.25, 0.3) is 0 Å². The van der Waals surface area contributed by atoms with Crippen LogP contribution in [0, 0.1) is 11.8 Å². The first-order chi connectivity index (χ1) is 8.51. The van der Waals surface area contributed by atoms with Gasteiger partial charge in [0.25, 0.3) is 5.56 Å². The summed E-state index contributed by atoms with van der Waals surface area (Å²) in [5, 5.41) is 9.09. The fourth-order valence-corrected chi connectivity index (χ4v) is 2.30. The summed E-state index contributed by atoms with van der Waals surface area (Å²) >= 11 is 0. The van der Waals surface area contributed by atoms with Gasteiger partial charge in [0, 0.05) is 25.6 Å². The molecule has 0 spiro atoms. The number of nitrogens with one attached hydrogen (secondary N) is 1. The molecular formula is C12H17N3O3. The zero-order chi connectivity index (χ0) is 13.3. The SMILES string of the molecule is CCc1nc(N2C[C@@H](C)[C@H](C(=O)O)C2)cc(=O)[nH]1. The van der Waals surface area contributed by atoms with Gasteiger partial charge >= 0.3 is 5.97 Å². The Morgan fingerprint density at radius 1 is 1.61 bits per heavy atom. The van der Waals surface area contributed by atoms with Crippen LogP contribution in [0.5, 0.6) is 0 Å². The average molecular weight is 251 g/mol. The van der Waals surface area contributed by atoms with Gasteiger partial charge in [0.2, 0.25) is 0 Å². The van der Waals surface area contributed by atoms with Gasteiger partial charge in [0.1, 0.15) is 11.6 Å². The van der Waals surface area contributed by atoms with E-state index in [9.17, 15) is 9.59 Å². The van der Waals surface area contributed by atoms with Crippen LogP contribution in [0.2, 0.25) is 0 Å². The van der Waals surface area contributed by atoms with Crippen LogP contribution >= 0.6 is 0 Å². The van der Waals surface area contributed by atoms with Crippen molar-refractivity contribution in [1.29, 1.82) is 0 Å². The topological polar surface area (TPSA) is 86.3 Å². The third-order valence-electron chi connectivity index (χ3n) is 3.37. The first kappa shape index (κ1) is 12.6. The minimum atomic E-state index is -0.787. The third kappa shape index (κ3) is 2.37. The Morgan fingerprint density at radius 2 is 2.33 bits per heavy atom. The molecule has 1 fully saturated rings. The molecule has 0 amide bonds. The van der Waals surface area contributed by atoms with Gasteiger partial charge in [-0.05, 0) is 5.92 Å². The molecule has 0 unspecified atom stereocenters. The lowest BCUT2D eigenvalue weighted by atomic mass is 9.99. The largest absolute Gasteiger partial charge is 0.481 e.